The average Bonchev–Trinajstić information content (AvgIpc) is 2.46. The summed E-state index contributed by atoms with van der Waals surface area (Å²) >= 11 is 0. The molecule has 0 saturated carbocycles. The lowest BCUT2D eigenvalue weighted by atomic mass is 9.95. The van der Waals surface area contributed by atoms with Crippen molar-refractivity contribution in [2.75, 3.05) is 0 Å². The fourth-order valence-electron chi connectivity index (χ4n) is 2.32. The minimum absolute atomic E-state index is 0.0943. The van der Waals surface area contributed by atoms with Crippen LogP contribution in [0.2, 0.25) is 0 Å². The van der Waals surface area contributed by atoms with Gasteiger partial charge in [-0.25, -0.2) is 4.79 Å². The molecular weight excluding hydrogens is 266 g/mol. The smallest absolute Gasteiger partial charge is 0.328 e. The van der Waals surface area contributed by atoms with E-state index in [0.29, 0.717) is 11.5 Å². The van der Waals surface area contributed by atoms with E-state index in [4.69, 9.17) is 5.11 Å². The Morgan fingerprint density at radius 2 is 1.76 bits per heavy atom. The van der Waals surface area contributed by atoms with Crippen LogP contribution in [0, 0.1) is 5.92 Å². The summed E-state index contributed by atoms with van der Waals surface area (Å²) in [7, 11) is 0. The Labute approximate surface area is 125 Å². The maximum atomic E-state index is 12.1. The van der Waals surface area contributed by atoms with E-state index in [0.717, 1.165) is 24.5 Å². The molecule has 0 saturated heterocycles. The number of carbonyl (C=O) groups excluding carboxylic acids is 1. The predicted molar refractivity (Wildman–Crippen MR) is 84.1 cm³/mol. The van der Waals surface area contributed by atoms with E-state index in [1.807, 2.05) is 6.92 Å². The van der Waals surface area contributed by atoms with Crippen LogP contribution < -0.4 is 5.32 Å². The molecule has 0 fully saturated rings. The van der Waals surface area contributed by atoms with Gasteiger partial charge in [-0.1, -0.05) is 38.8 Å². The first-order valence-electron chi connectivity index (χ1n) is 7.29. The summed E-state index contributed by atoms with van der Waals surface area (Å²) in [5, 5.41) is 11.6. The minimum atomic E-state index is -0.990. The minimum Gasteiger partial charge on any atom is -0.478 e. The van der Waals surface area contributed by atoms with Gasteiger partial charge in [-0.3, -0.25) is 4.79 Å². The van der Waals surface area contributed by atoms with Crippen LogP contribution >= 0.6 is 0 Å². The number of amides is 1. The fourth-order valence-corrected chi connectivity index (χ4v) is 2.32. The van der Waals surface area contributed by atoms with Crippen molar-refractivity contribution < 1.29 is 14.7 Å². The lowest BCUT2D eigenvalue weighted by molar-refractivity contribution is -0.131. The normalized spacial score (nSPS) is 12.6. The number of carbonyl (C=O) groups is 2. The second kappa shape index (κ2) is 8.25. The van der Waals surface area contributed by atoms with E-state index in [1.54, 1.807) is 24.3 Å². The molecule has 4 nitrogen and oxygen atoms in total. The third-order valence-corrected chi connectivity index (χ3v) is 3.71. The summed E-state index contributed by atoms with van der Waals surface area (Å²) < 4.78 is 0. The number of hydrogen-bond acceptors (Lipinski definition) is 2. The lowest BCUT2D eigenvalue weighted by Gasteiger charge is -2.22. The molecule has 0 aromatic heterocycles. The highest BCUT2D eigenvalue weighted by atomic mass is 16.4. The van der Waals surface area contributed by atoms with Gasteiger partial charge in [0, 0.05) is 17.7 Å². The quantitative estimate of drug-likeness (QED) is 0.757. The van der Waals surface area contributed by atoms with Crippen LogP contribution in [-0.4, -0.2) is 23.0 Å². The van der Waals surface area contributed by atoms with Gasteiger partial charge in [0.1, 0.15) is 0 Å². The van der Waals surface area contributed by atoms with E-state index < -0.39 is 5.97 Å². The standard InChI is InChI=1S/C17H23NO3/c1-4-14(5-2)12(3)18-17(21)15-9-6-13(7-10-15)8-11-16(19)20/h6-12,14H,4-5H2,1-3H3,(H,18,21)(H,19,20). The van der Waals surface area contributed by atoms with Crippen LogP contribution in [-0.2, 0) is 4.79 Å². The number of aliphatic carboxylic acids is 1. The maximum Gasteiger partial charge on any atom is 0.328 e. The number of rotatable bonds is 7. The summed E-state index contributed by atoms with van der Waals surface area (Å²) in [6.07, 6.45) is 4.65. The maximum absolute atomic E-state index is 12.1. The van der Waals surface area contributed by atoms with Crippen molar-refractivity contribution in [1.82, 2.24) is 5.32 Å². The molecule has 1 aromatic rings. The van der Waals surface area contributed by atoms with Gasteiger partial charge in [0.15, 0.2) is 0 Å². The van der Waals surface area contributed by atoms with E-state index in [1.165, 1.54) is 6.08 Å². The molecule has 21 heavy (non-hydrogen) atoms. The van der Waals surface area contributed by atoms with Crippen LogP contribution in [0.1, 0.15) is 49.5 Å². The molecule has 1 unspecified atom stereocenters. The second-order valence-corrected chi connectivity index (χ2v) is 5.13. The summed E-state index contributed by atoms with van der Waals surface area (Å²) in [6.45, 7) is 6.28. The fraction of sp³-hybridized carbons (Fsp3) is 0.412. The number of nitrogens with one attached hydrogen (secondary N) is 1. The van der Waals surface area contributed by atoms with E-state index in [-0.39, 0.29) is 11.9 Å². The molecule has 1 rings (SSSR count). The zero-order chi connectivity index (χ0) is 15.8. The van der Waals surface area contributed by atoms with Gasteiger partial charge < -0.3 is 10.4 Å². The van der Waals surface area contributed by atoms with Gasteiger partial charge in [0.25, 0.3) is 5.91 Å². The molecular formula is C17H23NO3. The van der Waals surface area contributed by atoms with Crippen molar-refractivity contribution in [1.29, 1.82) is 0 Å². The molecule has 1 atom stereocenters. The largest absolute Gasteiger partial charge is 0.478 e. The molecule has 0 aliphatic carbocycles. The first-order chi connectivity index (χ1) is 9.97. The summed E-state index contributed by atoms with van der Waals surface area (Å²) in [6, 6.07) is 7.01. The van der Waals surface area contributed by atoms with Gasteiger partial charge in [0.2, 0.25) is 0 Å². The molecule has 0 aliphatic heterocycles. The van der Waals surface area contributed by atoms with Crippen molar-refractivity contribution in [3.8, 4) is 0 Å². The molecule has 0 aliphatic rings. The molecule has 114 valence electrons. The molecule has 4 heteroatoms. The Kier molecular flexibility index (Phi) is 6.66. The summed E-state index contributed by atoms with van der Waals surface area (Å²) in [5.74, 6) is -0.606. The molecule has 2 N–H and O–H groups in total. The summed E-state index contributed by atoms with van der Waals surface area (Å²) in [4.78, 5) is 22.6. The third-order valence-electron chi connectivity index (χ3n) is 3.71. The van der Waals surface area contributed by atoms with Crippen molar-refractivity contribution in [2.45, 2.75) is 39.7 Å². The molecule has 0 bridgehead atoms. The molecule has 1 amide bonds. The highest BCUT2D eigenvalue weighted by Crippen LogP contribution is 2.13. The Hall–Kier alpha value is -2.10. The van der Waals surface area contributed by atoms with Crippen molar-refractivity contribution in [2.24, 2.45) is 5.92 Å². The average molecular weight is 289 g/mol. The molecule has 0 heterocycles. The van der Waals surface area contributed by atoms with Crippen LogP contribution in [0.5, 0.6) is 0 Å². The number of benzene rings is 1. The molecule has 0 spiro atoms. The van der Waals surface area contributed by atoms with Gasteiger partial charge in [-0.2, -0.15) is 0 Å². The van der Waals surface area contributed by atoms with Crippen molar-refractivity contribution in [3.05, 3.63) is 41.5 Å². The molecule has 1 aromatic carbocycles. The highest BCUT2D eigenvalue weighted by molar-refractivity contribution is 5.94. The van der Waals surface area contributed by atoms with E-state index in [9.17, 15) is 9.59 Å². The van der Waals surface area contributed by atoms with Gasteiger partial charge in [-0.15, -0.1) is 0 Å². The van der Waals surface area contributed by atoms with Crippen LogP contribution in [0.15, 0.2) is 30.3 Å². The van der Waals surface area contributed by atoms with Crippen LogP contribution in [0.3, 0.4) is 0 Å². The number of carboxylic acids is 1. The monoisotopic (exact) mass is 289 g/mol. The zero-order valence-electron chi connectivity index (χ0n) is 12.8. The second-order valence-electron chi connectivity index (χ2n) is 5.13. The Balaban J connectivity index is 2.69. The van der Waals surface area contributed by atoms with Crippen molar-refractivity contribution >= 4 is 18.0 Å². The SMILES string of the molecule is CCC(CC)C(C)NC(=O)c1ccc(C=CC(=O)O)cc1. The highest BCUT2D eigenvalue weighted by Gasteiger charge is 2.16. The van der Waals surface area contributed by atoms with Gasteiger partial charge in [-0.05, 0) is 36.6 Å². The first-order valence-corrected chi connectivity index (χ1v) is 7.29. The summed E-state index contributed by atoms with van der Waals surface area (Å²) in [5.41, 5.74) is 1.34. The Morgan fingerprint density at radius 1 is 1.19 bits per heavy atom. The predicted octanol–water partition coefficient (Wildman–Crippen LogP) is 3.34. The van der Waals surface area contributed by atoms with Crippen molar-refractivity contribution in [3.63, 3.8) is 0 Å². The zero-order valence-corrected chi connectivity index (χ0v) is 12.8. The van der Waals surface area contributed by atoms with Crippen LogP contribution in [0.25, 0.3) is 6.08 Å². The lowest BCUT2D eigenvalue weighted by Crippen LogP contribution is -2.37. The molecule has 0 radical (unpaired) electrons. The third kappa shape index (κ3) is 5.42. The van der Waals surface area contributed by atoms with Gasteiger partial charge >= 0.3 is 5.97 Å². The van der Waals surface area contributed by atoms with Gasteiger partial charge in [0.05, 0.1) is 0 Å². The Bertz CT molecular complexity index is 501. The number of carboxylic acid groups (broad SMARTS) is 1. The first kappa shape index (κ1) is 17.0. The number of hydrogen-bond donors (Lipinski definition) is 2. The Morgan fingerprint density at radius 3 is 2.24 bits per heavy atom. The van der Waals surface area contributed by atoms with E-state index >= 15 is 0 Å². The van der Waals surface area contributed by atoms with Crippen LogP contribution in [0.4, 0.5) is 0 Å². The topological polar surface area (TPSA) is 66.4 Å². The van der Waals surface area contributed by atoms with E-state index in [2.05, 4.69) is 19.2 Å².